The summed E-state index contributed by atoms with van der Waals surface area (Å²) in [5.74, 6) is -0.471. The smallest absolute Gasteiger partial charge is 0.234 e. The standard InChI is InChI=1S/C17H25N3O2/c1-13(2)20(11-15(18)21)12-16(22)19-17(9-6-10-17)14-7-4-3-5-8-14/h3-5,7-8,13H,6,9-12H2,1-2H3,(H2,18,21)(H,19,22). The maximum absolute atomic E-state index is 12.4. The molecule has 22 heavy (non-hydrogen) atoms. The molecule has 120 valence electrons. The van der Waals surface area contributed by atoms with Gasteiger partial charge in [-0.2, -0.15) is 0 Å². The van der Waals surface area contributed by atoms with Gasteiger partial charge in [0.2, 0.25) is 11.8 Å². The van der Waals surface area contributed by atoms with Crippen molar-refractivity contribution in [1.82, 2.24) is 10.2 Å². The van der Waals surface area contributed by atoms with Gasteiger partial charge in [0.15, 0.2) is 0 Å². The molecule has 0 heterocycles. The molecule has 0 aliphatic heterocycles. The van der Waals surface area contributed by atoms with E-state index in [1.54, 1.807) is 4.90 Å². The lowest BCUT2D eigenvalue weighted by Gasteiger charge is -2.43. The topological polar surface area (TPSA) is 75.4 Å². The van der Waals surface area contributed by atoms with Crippen LogP contribution in [0.1, 0.15) is 38.7 Å². The summed E-state index contributed by atoms with van der Waals surface area (Å²) < 4.78 is 0. The molecule has 0 spiro atoms. The summed E-state index contributed by atoms with van der Waals surface area (Å²) in [6.07, 6.45) is 3.03. The Bertz CT molecular complexity index is 524. The Morgan fingerprint density at radius 3 is 2.32 bits per heavy atom. The van der Waals surface area contributed by atoms with Gasteiger partial charge in [0, 0.05) is 6.04 Å². The minimum atomic E-state index is -0.414. The molecule has 1 aromatic rings. The highest BCUT2D eigenvalue weighted by Crippen LogP contribution is 2.41. The maximum atomic E-state index is 12.4. The predicted molar refractivity (Wildman–Crippen MR) is 86.0 cm³/mol. The molecular weight excluding hydrogens is 278 g/mol. The third-order valence-corrected chi connectivity index (χ3v) is 4.35. The van der Waals surface area contributed by atoms with Crippen molar-refractivity contribution in [2.45, 2.75) is 44.7 Å². The highest BCUT2D eigenvalue weighted by Gasteiger charge is 2.40. The summed E-state index contributed by atoms with van der Waals surface area (Å²) in [7, 11) is 0. The minimum absolute atomic E-state index is 0.0569. The van der Waals surface area contributed by atoms with Crippen LogP contribution in [0.2, 0.25) is 0 Å². The first-order valence-corrected chi connectivity index (χ1v) is 7.82. The lowest BCUT2D eigenvalue weighted by Crippen LogP contribution is -2.54. The normalized spacial score (nSPS) is 16.4. The van der Waals surface area contributed by atoms with Crippen molar-refractivity contribution in [3.05, 3.63) is 35.9 Å². The Labute approximate surface area is 131 Å². The minimum Gasteiger partial charge on any atom is -0.369 e. The van der Waals surface area contributed by atoms with E-state index in [0.29, 0.717) is 0 Å². The number of carbonyl (C=O) groups is 2. The lowest BCUT2D eigenvalue weighted by atomic mass is 9.72. The monoisotopic (exact) mass is 303 g/mol. The number of nitrogens with two attached hydrogens (primary N) is 1. The van der Waals surface area contributed by atoms with Crippen LogP contribution in [0.4, 0.5) is 0 Å². The van der Waals surface area contributed by atoms with Crippen LogP contribution in [-0.2, 0) is 15.1 Å². The third kappa shape index (κ3) is 3.85. The fourth-order valence-corrected chi connectivity index (χ4v) is 2.89. The number of nitrogens with zero attached hydrogens (tertiary/aromatic N) is 1. The van der Waals surface area contributed by atoms with Crippen LogP contribution in [0.15, 0.2) is 30.3 Å². The van der Waals surface area contributed by atoms with Gasteiger partial charge in [0.05, 0.1) is 18.6 Å². The number of hydrogen-bond acceptors (Lipinski definition) is 3. The lowest BCUT2D eigenvalue weighted by molar-refractivity contribution is -0.127. The Morgan fingerprint density at radius 1 is 1.23 bits per heavy atom. The molecule has 0 aromatic heterocycles. The molecule has 5 nitrogen and oxygen atoms in total. The quantitative estimate of drug-likeness (QED) is 0.799. The zero-order valence-corrected chi connectivity index (χ0v) is 13.3. The summed E-state index contributed by atoms with van der Waals surface area (Å²) in [5.41, 5.74) is 6.16. The van der Waals surface area contributed by atoms with Gasteiger partial charge in [-0.05, 0) is 38.7 Å². The van der Waals surface area contributed by atoms with Crippen molar-refractivity contribution in [2.24, 2.45) is 5.73 Å². The van der Waals surface area contributed by atoms with Crippen LogP contribution in [-0.4, -0.2) is 35.8 Å². The molecular formula is C17H25N3O2. The summed E-state index contributed by atoms with van der Waals surface area (Å²) in [5, 5.41) is 3.17. The fraction of sp³-hybridized carbons (Fsp3) is 0.529. The first kappa shape index (κ1) is 16.5. The molecule has 1 saturated carbocycles. The van der Waals surface area contributed by atoms with Crippen molar-refractivity contribution in [3.8, 4) is 0 Å². The molecule has 0 unspecified atom stereocenters. The first-order chi connectivity index (χ1) is 10.4. The van der Waals surface area contributed by atoms with E-state index in [-0.39, 0.29) is 30.6 Å². The zero-order chi connectivity index (χ0) is 16.2. The number of hydrogen-bond donors (Lipinski definition) is 2. The van der Waals surface area contributed by atoms with Gasteiger partial charge in [-0.15, -0.1) is 0 Å². The number of rotatable bonds is 7. The van der Waals surface area contributed by atoms with Crippen molar-refractivity contribution in [2.75, 3.05) is 13.1 Å². The summed E-state index contributed by atoms with van der Waals surface area (Å²) in [4.78, 5) is 25.3. The van der Waals surface area contributed by atoms with Gasteiger partial charge < -0.3 is 11.1 Å². The van der Waals surface area contributed by atoms with Crippen LogP contribution in [0.5, 0.6) is 0 Å². The van der Waals surface area contributed by atoms with Gasteiger partial charge in [-0.3, -0.25) is 14.5 Å². The molecule has 2 rings (SSSR count). The average molecular weight is 303 g/mol. The predicted octanol–water partition coefficient (Wildman–Crippen LogP) is 1.38. The van der Waals surface area contributed by atoms with E-state index >= 15 is 0 Å². The maximum Gasteiger partial charge on any atom is 0.234 e. The summed E-state index contributed by atoms with van der Waals surface area (Å²) in [6.45, 7) is 4.19. The van der Waals surface area contributed by atoms with Gasteiger partial charge in [-0.25, -0.2) is 0 Å². The van der Waals surface area contributed by atoms with Crippen molar-refractivity contribution >= 4 is 11.8 Å². The number of nitrogens with one attached hydrogen (secondary N) is 1. The van der Waals surface area contributed by atoms with Gasteiger partial charge in [-0.1, -0.05) is 30.3 Å². The van der Waals surface area contributed by atoms with Crippen LogP contribution in [0, 0.1) is 0 Å². The summed E-state index contributed by atoms with van der Waals surface area (Å²) in [6, 6.07) is 10.2. The molecule has 1 fully saturated rings. The van der Waals surface area contributed by atoms with E-state index in [9.17, 15) is 9.59 Å². The second kappa shape index (κ2) is 6.92. The van der Waals surface area contributed by atoms with Crippen molar-refractivity contribution in [3.63, 3.8) is 0 Å². The Hall–Kier alpha value is -1.88. The Balaban J connectivity index is 2.02. The highest BCUT2D eigenvalue weighted by molar-refractivity contribution is 5.81. The van der Waals surface area contributed by atoms with E-state index in [0.717, 1.165) is 24.8 Å². The van der Waals surface area contributed by atoms with E-state index in [1.807, 2.05) is 32.0 Å². The zero-order valence-electron chi connectivity index (χ0n) is 13.3. The van der Waals surface area contributed by atoms with Crippen LogP contribution in [0.25, 0.3) is 0 Å². The molecule has 1 aromatic carbocycles. The van der Waals surface area contributed by atoms with Gasteiger partial charge >= 0.3 is 0 Å². The molecule has 0 bridgehead atoms. The SMILES string of the molecule is CC(C)N(CC(N)=O)CC(=O)NC1(c2ccccc2)CCC1. The highest BCUT2D eigenvalue weighted by atomic mass is 16.2. The number of primary amides is 1. The molecule has 0 saturated heterocycles. The van der Waals surface area contributed by atoms with Gasteiger partial charge in [0.1, 0.15) is 0 Å². The van der Waals surface area contributed by atoms with Crippen molar-refractivity contribution in [1.29, 1.82) is 0 Å². The van der Waals surface area contributed by atoms with Crippen LogP contribution in [0.3, 0.4) is 0 Å². The molecule has 1 aliphatic carbocycles. The second-order valence-corrected chi connectivity index (χ2v) is 6.31. The molecule has 0 atom stereocenters. The molecule has 1 aliphatic rings. The number of benzene rings is 1. The molecule has 2 amide bonds. The van der Waals surface area contributed by atoms with Crippen LogP contribution < -0.4 is 11.1 Å². The van der Waals surface area contributed by atoms with E-state index < -0.39 is 5.91 Å². The number of amides is 2. The Morgan fingerprint density at radius 2 is 1.86 bits per heavy atom. The molecule has 3 N–H and O–H groups in total. The first-order valence-electron chi connectivity index (χ1n) is 7.82. The number of carbonyl (C=O) groups excluding carboxylic acids is 2. The van der Waals surface area contributed by atoms with E-state index in [4.69, 9.17) is 5.73 Å². The Kier molecular flexibility index (Phi) is 5.19. The molecule has 5 heteroatoms. The second-order valence-electron chi connectivity index (χ2n) is 6.31. The van der Waals surface area contributed by atoms with Crippen molar-refractivity contribution < 1.29 is 9.59 Å². The third-order valence-electron chi connectivity index (χ3n) is 4.35. The van der Waals surface area contributed by atoms with E-state index in [1.165, 1.54) is 0 Å². The van der Waals surface area contributed by atoms with Crippen LogP contribution >= 0.6 is 0 Å². The average Bonchev–Trinajstić information content (AvgIpc) is 2.42. The van der Waals surface area contributed by atoms with Gasteiger partial charge in [0.25, 0.3) is 0 Å². The van der Waals surface area contributed by atoms with E-state index in [2.05, 4.69) is 17.4 Å². The molecule has 0 radical (unpaired) electrons. The largest absolute Gasteiger partial charge is 0.369 e. The fourth-order valence-electron chi connectivity index (χ4n) is 2.89. The summed E-state index contributed by atoms with van der Waals surface area (Å²) >= 11 is 0.